The molecule has 3 rings (SSSR count). The molecule has 1 atom stereocenters. The van der Waals surface area contributed by atoms with Crippen LogP contribution in [0.5, 0.6) is 0 Å². The molecule has 1 aliphatic heterocycles. The molecule has 0 radical (unpaired) electrons. The van der Waals surface area contributed by atoms with Crippen LogP contribution in [0.2, 0.25) is 0 Å². The molecule has 2 aromatic rings. The molecule has 1 fully saturated rings. The van der Waals surface area contributed by atoms with Crippen LogP contribution in [-0.2, 0) is 0 Å². The second kappa shape index (κ2) is 6.97. The molecular weight excluding hydrogens is 372 g/mol. The zero-order valence-corrected chi connectivity index (χ0v) is 15.6. The Balaban J connectivity index is 1.81. The highest BCUT2D eigenvalue weighted by molar-refractivity contribution is 9.10. The third-order valence-corrected chi connectivity index (χ3v) is 5.89. The number of hydrogen-bond donors (Lipinski definition) is 1. The fourth-order valence-electron chi connectivity index (χ4n) is 2.79. The lowest BCUT2D eigenvalue weighted by Gasteiger charge is -2.26. The summed E-state index contributed by atoms with van der Waals surface area (Å²) in [5, 5.41) is 3.09. The maximum Gasteiger partial charge on any atom is 0.323 e. The van der Waals surface area contributed by atoms with Gasteiger partial charge >= 0.3 is 6.03 Å². The number of aryl methyl sites for hydroxylation is 2. The average molecular weight is 391 g/mol. The Morgan fingerprint density at radius 2 is 2.04 bits per heavy atom. The summed E-state index contributed by atoms with van der Waals surface area (Å²) in [6.45, 7) is 4.97. The van der Waals surface area contributed by atoms with Gasteiger partial charge in [-0.1, -0.05) is 35.9 Å². The first-order valence-electron chi connectivity index (χ1n) is 7.57. The summed E-state index contributed by atoms with van der Waals surface area (Å²) in [5.41, 5.74) is 4.51. The highest BCUT2D eigenvalue weighted by atomic mass is 79.9. The molecule has 1 N–H and O–H groups in total. The number of nitrogens with zero attached hydrogens (tertiary/aromatic N) is 1. The maximum absolute atomic E-state index is 12.7. The molecule has 0 bridgehead atoms. The summed E-state index contributed by atoms with van der Waals surface area (Å²) in [6, 6.07) is 14.1. The molecule has 1 saturated heterocycles. The van der Waals surface area contributed by atoms with E-state index < -0.39 is 0 Å². The zero-order chi connectivity index (χ0) is 16.4. The largest absolute Gasteiger partial charge is 0.323 e. The van der Waals surface area contributed by atoms with Crippen molar-refractivity contribution in [3.8, 4) is 0 Å². The Morgan fingerprint density at radius 1 is 1.26 bits per heavy atom. The van der Waals surface area contributed by atoms with Crippen LogP contribution in [0.15, 0.2) is 46.9 Å². The Bertz CT molecular complexity index is 735. The Hall–Kier alpha value is -1.46. The van der Waals surface area contributed by atoms with Crippen molar-refractivity contribution in [2.45, 2.75) is 19.2 Å². The lowest BCUT2D eigenvalue weighted by atomic mass is 10.1. The van der Waals surface area contributed by atoms with E-state index in [0.29, 0.717) is 0 Å². The minimum absolute atomic E-state index is 0.0492. The van der Waals surface area contributed by atoms with Crippen molar-refractivity contribution in [1.29, 1.82) is 0 Å². The van der Waals surface area contributed by atoms with E-state index in [1.54, 1.807) is 0 Å². The topological polar surface area (TPSA) is 32.3 Å². The highest BCUT2D eigenvalue weighted by Gasteiger charge is 2.31. The zero-order valence-electron chi connectivity index (χ0n) is 13.2. The van der Waals surface area contributed by atoms with Crippen LogP contribution in [0.3, 0.4) is 0 Å². The van der Waals surface area contributed by atoms with Gasteiger partial charge in [-0.15, -0.1) is 11.8 Å². The quantitative estimate of drug-likeness (QED) is 0.749. The fraction of sp³-hybridized carbons (Fsp3) is 0.278. The first-order chi connectivity index (χ1) is 11.1. The van der Waals surface area contributed by atoms with E-state index in [4.69, 9.17) is 0 Å². The number of nitrogens with one attached hydrogen (secondary N) is 1. The van der Waals surface area contributed by atoms with Gasteiger partial charge in [-0.05, 0) is 53.0 Å². The number of hydrogen-bond acceptors (Lipinski definition) is 2. The molecule has 0 aromatic heterocycles. The van der Waals surface area contributed by atoms with Crippen LogP contribution in [0.4, 0.5) is 10.5 Å². The molecular formula is C18H19BrN2OS. The molecule has 23 heavy (non-hydrogen) atoms. The second-order valence-electron chi connectivity index (χ2n) is 5.69. The summed E-state index contributed by atoms with van der Waals surface area (Å²) in [7, 11) is 0. The molecule has 2 amide bonds. The minimum Gasteiger partial charge on any atom is -0.308 e. The summed E-state index contributed by atoms with van der Waals surface area (Å²) in [6.07, 6.45) is 0. The van der Waals surface area contributed by atoms with Crippen molar-refractivity contribution >= 4 is 39.4 Å². The van der Waals surface area contributed by atoms with Crippen LogP contribution in [-0.4, -0.2) is 23.2 Å². The Kier molecular flexibility index (Phi) is 4.97. The molecule has 120 valence electrons. The third kappa shape index (κ3) is 3.56. The normalized spacial score (nSPS) is 17.3. The van der Waals surface area contributed by atoms with E-state index in [0.717, 1.165) is 22.5 Å². The number of carbonyl (C=O) groups is 1. The second-order valence-corrected chi connectivity index (χ2v) is 7.73. The number of amides is 2. The summed E-state index contributed by atoms with van der Waals surface area (Å²) in [4.78, 5) is 14.6. The maximum atomic E-state index is 12.7. The predicted molar refractivity (Wildman–Crippen MR) is 101 cm³/mol. The number of para-hydroxylation sites is 1. The number of urea groups is 1. The molecule has 1 heterocycles. The summed E-state index contributed by atoms with van der Waals surface area (Å²) >= 11 is 5.29. The first kappa shape index (κ1) is 16.4. The number of rotatable bonds is 2. The molecule has 3 nitrogen and oxygen atoms in total. The van der Waals surface area contributed by atoms with Gasteiger partial charge in [0.2, 0.25) is 0 Å². The number of benzene rings is 2. The minimum atomic E-state index is -0.0492. The highest BCUT2D eigenvalue weighted by Crippen LogP contribution is 2.40. The van der Waals surface area contributed by atoms with E-state index in [1.165, 1.54) is 16.7 Å². The van der Waals surface area contributed by atoms with Crippen molar-refractivity contribution in [1.82, 2.24) is 4.90 Å². The van der Waals surface area contributed by atoms with E-state index in [-0.39, 0.29) is 11.4 Å². The van der Waals surface area contributed by atoms with Gasteiger partial charge in [0, 0.05) is 16.8 Å². The lowest BCUT2D eigenvalue weighted by molar-refractivity contribution is 0.214. The first-order valence-corrected chi connectivity index (χ1v) is 9.41. The lowest BCUT2D eigenvalue weighted by Crippen LogP contribution is -2.34. The van der Waals surface area contributed by atoms with Crippen LogP contribution in [0.1, 0.15) is 22.1 Å². The van der Waals surface area contributed by atoms with Gasteiger partial charge in [-0.2, -0.15) is 0 Å². The standard InChI is InChI=1S/C18H19BrN2OS/c1-12-7-8-14(13(2)11-12)17-21(9-10-23-17)18(22)20-16-6-4-3-5-15(16)19/h3-8,11,17H,9-10H2,1-2H3,(H,20,22). The van der Waals surface area contributed by atoms with Gasteiger partial charge in [-0.25, -0.2) is 4.79 Å². The van der Waals surface area contributed by atoms with Crippen molar-refractivity contribution in [3.05, 3.63) is 63.6 Å². The van der Waals surface area contributed by atoms with E-state index in [9.17, 15) is 4.79 Å². The smallest absolute Gasteiger partial charge is 0.308 e. The van der Waals surface area contributed by atoms with E-state index in [2.05, 4.69) is 53.3 Å². The molecule has 2 aromatic carbocycles. The van der Waals surface area contributed by atoms with Crippen LogP contribution in [0.25, 0.3) is 0 Å². The van der Waals surface area contributed by atoms with Gasteiger partial charge < -0.3 is 10.2 Å². The van der Waals surface area contributed by atoms with Gasteiger partial charge in [0.1, 0.15) is 5.37 Å². The Labute approximate surface area is 149 Å². The molecule has 0 saturated carbocycles. The van der Waals surface area contributed by atoms with Crippen molar-refractivity contribution in [3.63, 3.8) is 0 Å². The number of thioether (sulfide) groups is 1. The van der Waals surface area contributed by atoms with Crippen LogP contribution in [0, 0.1) is 13.8 Å². The monoisotopic (exact) mass is 390 g/mol. The van der Waals surface area contributed by atoms with Crippen molar-refractivity contribution < 1.29 is 4.79 Å². The van der Waals surface area contributed by atoms with Crippen LogP contribution >= 0.6 is 27.7 Å². The average Bonchev–Trinajstić information content (AvgIpc) is 2.99. The molecule has 1 unspecified atom stereocenters. The number of carbonyl (C=O) groups excluding carboxylic acids is 1. The molecule has 0 aliphatic carbocycles. The van der Waals surface area contributed by atoms with Crippen LogP contribution < -0.4 is 5.32 Å². The SMILES string of the molecule is Cc1ccc(C2SCCN2C(=O)Nc2ccccc2Br)c(C)c1. The summed E-state index contributed by atoms with van der Waals surface area (Å²) < 4.78 is 0.892. The number of halogens is 1. The van der Waals surface area contributed by atoms with E-state index >= 15 is 0 Å². The third-order valence-electron chi connectivity index (χ3n) is 3.96. The van der Waals surface area contributed by atoms with E-state index in [1.807, 2.05) is 40.9 Å². The van der Waals surface area contributed by atoms with Gasteiger partial charge in [-0.3, -0.25) is 0 Å². The van der Waals surface area contributed by atoms with Crippen molar-refractivity contribution in [2.75, 3.05) is 17.6 Å². The summed E-state index contributed by atoms with van der Waals surface area (Å²) in [5.74, 6) is 0.960. The number of anilines is 1. The molecule has 1 aliphatic rings. The molecule has 5 heteroatoms. The van der Waals surface area contributed by atoms with Gasteiger partial charge in [0.15, 0.2) is 0 Å². The Morgan fingerprint density at radius 3 is 2.78 bits per heavy atom. The molecule has 0 spiro atoms. The predicted octanol–water partition coefficient (Wildman–Crippen LogP) is 5.35. The van der Waals surface area contributed by atoms with Crippen molar-refractivity contribution in [2.24, 2.45) is 0 Å². The van der Waals surface area contributed by atoms with Gasteiger partial charge in [0.05, 0.1) is 5.69 Å². The van der Waals surface area contributed by atoms with Gasteiger partial charge in [0.25, 0.3) is 0 Å². The fourth-order valence-corrected chi connectivity index (χ4v) is 4.52.